The van der Waals surface area contributed by atoms with Crippen LogP contribution in [0.4, 0.5) is 0 Å². The Labute approximate surface area is 157 Å². The molecule has 0 fully saturated rings. The normalized spacial score (nSPS) is 8.19. The van der Waals surface area contributed by atoms with E-state index in [0.29, 0.717) is 0 Å². The molecule has 0 aliphatic rings. The lowest BCUT2D eigenvalue weighted by molar-refractivity contribution is -0.131. The van der Waals surface area contributed by atoms with Gasteiger partial charge in [-0.25, -0.2) is 4.79 Å². The van der Waals surface area contributed by atoms with Crippen LogP contribution in [0, 0.1) is 0 Å². The number of carbonyl (C=O) groups is 1. The molecule has 2 aromatic rings. The third kappa shape index (κ3) is 18.6. The first-order valence-electron chi connectivity index (χ1n) is 7.85. The van der Waals surface area contributed by atoms with E-state index in [2.05, 4.69) is 31.3 Å². The zero-order chi connectivity index (χ0) is 20.0. The van der Waals surface area contributed by atoms with Crippen molar-refractivity contribution >= 4 is 18.1 Å². The number of hydrogen-bond donors (Lipinski definition) is 1. The third-order valence-corrected chi connectivity index (χ3v) is 2.41. The highest BCUT2D eigenvalue weighted by molar-refractivity contribution is 5.79. The van der Waals surface area contributed by atoms with Gasteiger partial charge < -0.3 is 5.11 Å². The quantitative estimate of drug-likeness (QED) is 0.539. The Morgan fingerprint density at radius 2 is 1.50 bits per heavy atom. The average molecular weight is 349 g/mol. The first kappa shape index (κ1) is 24.8. The number of benzene rings is 1. The molecule has 26 heavy (non-hydrogen) atoms. The summed E-state index contributed by atoms with van der Waals surface area (Å²) >= 11 is 0. The van der Waals surface area contributed by atoms with E-state index >= 15 is 0 Å². The van der Waals surface area contributed by atoms with E-state index in [4.69, 9.17) is 5.11 Å². The van der Waals surface area contributed by atoms with Gasteiger partial charge in [0.1, 0.15) is 0 Å². The summed E-state index contributed by atoms with van der Waals surface area (Å²) in [6.07, 6.45) is 11.1. The molecule has 0 bridgehead atoms. The number of hydrogen-bond acceptors (Lipinski definition) is 2. The van der Waals surface area contributed by atoms with Gasteiger partial charge in [-0.15, -0.1) is 0 Å². The SMILES string of the molecule is C=CC=C.C=Cc1ccccc1.C=Cc1ccccn1.CC=CC(=O)O. The first-order valence-corrected chi connectivity index (χ1v) is 7.85. The van der Waals surface area contributed by atoms with Crippen LogP contribution in [0.1, 0.15) is 18.2 Å². The number of carboxylic acids is 1. The maximum atomic E-state index is 9.51. The van der Waals surface area contributed by atoms with Gasteiger partial charge in [0.25, 0.3) is 0 Å². The monoisotopic (exact) mass is 349 g/mol. The van der Waals surface area contributed by atoms with Crippen molar-refractivity contribution in [3.63, 3.8) is 0 Å². The smallest absolute Gasteiger partial charge is 0.327 e. The maximum absolute atomic E-state index is 9.51. The standard InChI is InChI=1S/C8H8.C7H7N.C4H6O2.C4H6/c1-2-8-6-4-3-5-7-8;1-2-7-5-3-4-6-8-7;1-2-3-4(5)6;1-3-4-2/h2-7H,1H2;2-6H,1H2;2-3H,1H3,(H,5,6);3-4H,1-2H2. The van der Waals surface area contributed by atoms with Crippen LogP contribution in [0.2, 0.25) is 0 Å². The largest absolute Gasteiger partial charge is 0.478 e. The number of nitrogens with zero attached hydrogens (tertiary/aromatic N) is 1. The molecule has 1 aromatic carbocycles. The van der Waals surface area contributed by atoms with Gasteiger partial charge in [0.05, 0.1) is 5.69 Å². The van der Waals surface area contributed by atoms with Gasteiger partial charge in [0.15, 0.2) is 0 Å². The molecule has 1 aromatic heterocycles. The van der Waals surface area contributed by atoms with E-state index in [-0.39, 0.29) is 0 Å². The molecule has 0 radical (unpaired) electrons. The molecule has 0 aliphatic carbocycles. The van der Waals surface area contributed by atoms with Gasteiger partial charge >= 0.3 is 5.97 Å². The molecular formula is C23H27NO2. The maximum Gasteiger partial charge on any atom is 0.327 e. The molecule has 0 saturated carbocycles. The van der Waals surface area contributed by atoms with E-state index in [0.717, 1.165) is 11.8 Å². The van der Waals surface area contributed by atoms with E-state index in [1.54, 1.807) is 31.3 Å². The van der Waals surface area contributed by atoms with Crippen LogP contribution in [0.5, 0.6) is 0 Å². The van der Waals surface area contributed by atoms with Crippen LogP contribution in [0.3, 0.4) is 0 Å². The van der Waals surface area contributed by atoms with Gasteiger partial charge in [0.2, 0.25) is 0 Å². The minimum atomic E-state index is -0.891. The van der Waals surface area contributed by atoms with Crippen LogP contribution in [0.25, 0.3) is 12.2 Å². The fourth-order valence-electron chi connectivity index (χ4n) is 1.23. The molecule has 1 heterocycles. The summed E-state index contributed by atoms with van der Waals surface area (Å²) in [5, 5.41) is 7.83. The lowest BCUT2D eigenvalue weighted by atomic mass is 10.2. The fraction of sp³-hybridized carbons (Fsp3) is 0.0435. The predicted molar refractivity (Wildman–Crippen MR) is 114 cm³/mol. The Morgan fingerprint density at radius 3 is 1.73 bits per heavy atom. The summed E-state index contributed by atoms with van der Waals surface area (Å²) in [7, 11) is 0. The van der Waals surface area contributed by atoms with E-state index in [1.807, 2.05) is 54.6 Å². The van der Waals surface area contributed by atoms with Gasteiger partial charge in [-0.3, -0.25) is 4.98 Å². The molecule has 1 N–H and O–H groups in total. The van der Waals surface area contributed by atoms with Crippen LogP contribution in [-0.4, -0.2) is 16.1 Å². The first-order chi connectivity index (χ1) is 12.5. The molecular weight excluding hydrogens is 322 g/mol. The van der Waals surface area contributed by atoms with Crippen molar-refractivity contribution in [3.8, 4) is 0 Å². The molecule has 136 valence electrons. The van der Waals surface area contributed by atoms with Crippen LogP contribution in [-0.2, 0) is 4.79 Å². The fourth-order valence-corrected chi connectivity index (χ4v) is 1.23. The van der Waals surface area contributed by atoms with E-state index in [1.165, 1.54) is 11.6 Å². The predicted octanol–water partition coefficient (Wildman–Crippen LogP) is 6.06. The number of allylic oxidation sites excluding steroid dienone is 3. The molecule has 0 unspecified atom stereocenters. The highest BCUT2D eigenvalue weighted by Crippen LogP contribution is 1.97. The molecule has 2 rings (SSSR count). The molecule has 3 heteroatoms. The van der Waals surface area contributed by atoms with Crippen molar-refractivity contribution in [1.82, 2.24) is 4.98 Å². The minimum Gasteiger partial charge on any atom is -0.478 e. The number of aliphatic carboxylic acids is 1. The van der Waals surface area contributed by atoms with Gasteiger partial charge in [0, 0.05) is 12.3 Å². The van der Waals surface area contributed by atoms with Crippen molar-refractivity contribution < 1.29 is 9.90 Å². The Hall–Kier alpha value is -3.46. The average Bonchev–Trinajstić information content (AvgIpc) is 2.70. The molecule has 0 saturated heterocycles. The minimum absolute atomic E-state index is 0.891. The molecule has 0 atom stereocenters. The van der Waals surface area contributed by atoms with Gasteiger partial charge in [-0.05, 0) is 30.7 Å². The second kappa shape index (κ2) is 19.6. The second-order valence-corrected chi connectivity index (χ2v) is 4.38. The summed E-state index contributed by atoms with van der Waals surface area (Å²) in [4.78, 5) is 13.5. The lowest BCUT2D eigenvalue weighted by Gasteiger charge is -1.85. The zero-order valence-electron chi connectivity index (χ0n) is 15.3. The molecule has 0 aliphatic heterocycles. The topological polar surface area (TPSA) is 50.2 Å². The lowest BCUT2D eigenvalue weighted by Crippen LogP contribution is -1.83. The summed E-state index contributed by atoms with van der Waals surface area (Å²) in [5.41, 5.74) is 2.10. The number of rotatable bonds is 4. The summed E-state index contributed by atoms with van der Waals surface area (Å²) in [6, 6.07) is 15.8. The highest BCUT2D eigenvalue weighted by atomic mass is 16.4. The number of aromatic nitrogens is 1. The number of pyridine rings is 1. The van der Waals surface area contributed by atoms with Gasteiger partial charge in [-0.1, -0.05) is 87.0 Å². The summed E-state index contributed by atoms with van der Waals surface area (Å²) in [5.74, 6) is -0.891. The Morgan fingerprint density at radius 1 is 0.923 bits per heavy atom. The zero-order valence-corrected chi connectivity index (χ0v) is 15.3. The van der Waals surface area contributed by atoms with Crippen molar-refractivity contribution in [2.45, 2.75) is 6.92 Å². The van der Waals surface area contributed by atoms with E-state index < -0.39 is 5.97 Å². The summed E-state index contributed by atoms with van der Waals surface area (Å²) < 4.78 is 0. The molecule has 0 spiro atoms. The Bertz CT molecular complexity index is 610. The van der Waals surface area contributed by atoms with Crippen LogP contribution < -0.4 is 0 Å². The third-order valence-electron chi connectivity index (χ3n) is 2.41. The Kier molecular flexibility index (Phi) is 18.7. The highest BCUT2D eigenvalue weighted by Gasteiger charge is 1.78. The second-order valence-electron chi connectivity index (χ2n) is 4.38. The molecule has 0 amide bonds. The van der Waals surface area contributed by atoms with Crippen molar-refractivity contribution in [1.29, 1.82) is 0 Å². The van der Waals surface area contributed by atoms with Gasteiger partial charge in [-0.2, -0.15) is 0 Å². The Balaban J connectivity index is 0. The summed E-state index contributed by atoms with van der Waals surface area (Å²) in [6.45, 7) is 15.6. The van der Waals surface area contributed by atoms with Crippen LogP contribution in [0.15, 0.2) is 105 Å². The van der Waals surface area contributed by atoms with E-state index in [9.17, 15) is 4.79 Å². The van der Waals surface area contributed by atoms with Crippen molar-refractivity contribution in [2.24, 2.45) is 0 Å². The van der Waals surface area contributed by atoms with Crippen molar-refractivity contribution in [3.05, 3.63) is 117 Å². The van der Waals surface area contributed by atoms with Crippen molar-refractivity contribution in [2.75, 3.05) is 0 Å². The number of carboxylic acid groups (broad SMARTS) is 1. The van der Waals surface area contributed by atoms with Crippen LogP contribution >= 0.6 is 0 Å². The molecule has 3 nitrogen and oxygen atoms in total.